The van der Waals surface area contributed by atoms with Gasteiger partial charge in [0.1, 0.15) is 0 Å². The second-order valence-electron chi connectivity index (χ2n) is 17.0. The van der Waals surface area contributed by atoms with Gasteiger partial charge in [0.25, 0.3) is 20.4 Å². The van der Waals surface area contributed by atoms with Gasteiger partial charge in [0.05, 0.1) is 21.0 Å². The molecular weight excluding hydrogens is 837 g/mol. The normalized spacial score (nSPS) is 13.3. The van der Waals surface area contributed by atoms with E-state index in [-0.39, 0.29) is 69.3 Å². The van der Waals surface area contributed by atoms with Gasteiger partial charge in [-0.2, -0.15) is 39.6 Å². The third-order valence-electron chi connectivity index (χ3n) is 6.70. The number of rotatable bonds is 18. The molecule has 0 bridgehead atoms. The Balaban J connectivity index is -0.000000199. The van der Waals surface area contributed by atoms with Crippen molar-refractivity contribution >= 4 is 50.3 Å². The fraction of sp³-hybridized carbons (Fsp3) is 1.00. The number of hydrogen-bond acceptors (Lipinski definition) is 10. The van der Waals surface area contributed by atoms with Crippen molar-refractivity contribution in [2.45, 2.75) is 236 Å². The molecule has 4 N–H and O–H groups in total. The van der Waals surface area contributed by atoms with E-state index < -0.39 is 50.3 Å². The van der Waals surface area contributed by atoms with Crippen molar-refractivity contribution in [2.24, 2.45) is 0 Å². The fourth-order valence-corrected chi connectivity index (χ4v) is 11.4. The first-order valence-corrected chi connectivity index (χ1v) is 27.4. The molecule has 57 heavy (non-hydrogen) atoms. The molecule has 21 heteroatoms. The Labute approximate surface area is 353 Å². The molecule has 0 spiro atoms. The van der Waals surface area contributed by atoms with Crippen LogP contribution in [0.25, 0.3) is 0 Å². The van der Waals surface area contributed by atoms with Crippen LogP contribution in [0.4, 0.5) is 0 Å². The van der Waals surface area contributed by atoms with E-state index in [0.717, 1.165) is 0 Å². The number of nitrogens with one attached hydrogen (secondary N) is 4. The van der Waals surface area contributed by atoms with E-state index in [2.05, 4.69) is 18.9 Å². The Bertz CT molecular complexity index is 1560. The maximum atomic E-state index is 11.8. The Hall–Kier alpha value is -0.490. The van der Waals surface area contributed by atoms with Crippen molar-refractivity contribution in [3.63, 3.8) is 0 Å². The van der Waals surface area contributed by atoms with E-state index in [0.29, 0.717) is 0 Å². The zero-order chi connectivity index (χ0) is 47.4. The van der Waals surface area contributed by atoms with E-state index in [1.807, 2.05) is 69.2 Å². The highest BCUT2D eigenvalue weighted by atomic mass is 32.2. The van der Waals surface area contributed by atoms with Gasteiger partial charge in [-0.15, -0.1) is 0 Å². The zero-order valence-electron chi connectivity index (χ0n) is 39.9. The second-order valence-corrected chi connectivity index (χ2v) is 27.8. The Kier molecular flexibility index (Phi) is 33.3. The van der Waals surface area contributed by atoms with Crippen LogP contribution in [-0.4, -0.2) is 120 Å². The molecule has 0 aliphatic carbocycles. The summed E-state index contributed by atoms with van der Waals surface area (Å²) in [5.74, 6) is 0. The minimum Gasteiger partial charge on any atom is -0.228 e. The Morgan fingerprint density at radius 3 is 0.702 bits per heavy atom. The van der Waals surface area contributed by atoms with Crippen LogP contribution in [0.15, 0.2) is 0 Å². The highest BCUT2D eigenvalue weighted by molar-refractivity contribution is 7.92. The lowest BCUT2D eigenvalue weighted by Crippen LogP contribution is -2.49. The monoisotopic (exact) mass is 925 g/mol. The van der Waals surface area contributed by atoms with Crippen LogP contribution in [0.1, 0.15) is 166 Å². The molecule has 0 saturated heterocycles. The van der Waals surface area contributed by atoms with Crippen LogP contribution in [0.2, 0.25) is 0 Å². The topological polar surface area (TPSA) is 225 Å². The molecule has 16 nitrogen and oxygen atoms in total. The highest BCUT2D eigenvalue weighted by Gasteiger charge is 2.30. The summed E-state index contributed by atoms with van der Waals surface area (Å²) in [6, 6.07) is -0.179. The van der Waals surface area contributed by atoms with Gasteiger partial charge in [-0.05, 0) is 166 Å². The molecule has 0 heterocycles. The zero-order valence-corrected chi connectivity index (χ0v) is 44.0. The van der Waals surface area contributed by atoms with Crippen molar-refractivity contribution in [3.05, 3.63) is 0 Å². The van der Waals surface area contributed by atoms with Crippen LogP contribution >= 0.6 is 0 Å². The van der Waals surface area contributed by atoms with Gasteiger partial charge in [-0.1, -0.05) is 0 Å². The standard InChI is InChI=1S/C9H22N2O2S.C9H21NO2S.C6H16N2O2S.C6H15NO2S.C6H14O2S/c1-7(2)10-14(12,13)11(8(3)4)9(5)6;1-7(2)10(8(3)4)13(11,12)9(5)6;1-5(2)7-11(9,10)8-6(3)4;1-5(2)7-10(8,9)6(3)4;1-5(2)9(7,8)6(3)4/h7-10H,1-6H3;7-9H,1-6H3;5-8H,1-4H3;5-7H,1-4H3;5-6H,1-4H3. The van der Waals surface area contributed by atoms with Gasteiger partial charge in [0.15, 0.2) is 9.84 Å². The van der Waals surface area contributed by atoms with Gasteiger partial charge in [0, 0.05) is 48.3 Å². The molecule has 352 valence electrons. The first kappa shape index (κ1) is 65.6. The lowest BCUT2D eigenvalue weighted by atomic mass is 10.3. The highest BCUT2D eigenvalue weighted by Crippen LogP contribution is 2.16. The maximum absolute atomic E-state index is 11.8. The number of hydrogen-bond donors (Lipinski definition) is 4. The molecule has 0 aromatic rings. The fourth-order valence-electron chi connectivity index (χ4n) is 4.60. The second kappa shape index (κ2) is 28.9. The van der Waals surface area contributed by atoms with Gasteiger partial charge in [-0.25, -0.2) is 30.0 Å². The molecule has 0 aromatic carbocycles. The summed E-state index contributed by atoms with van der Waals surface area (Å²) in [6.45, 7) is 43.0. The van der Waals surface area contributed by atoms with Crippen molar-refractivity contribution in [3.8, 4) is 0 Å². The molecule has 0 atom stereocenters. The maximum Gasteiger partial charge on any atom is 0.280 e. The van der Waals surface area contributed by atoms with Gasteiger partial charge in [0.2, 0.25) is 20.0 Å². The van der Waals surface area contributed by atoms with Crippen molar-refractivity contribution in [2.75, 3.05) is 0 Å². The molecule has 0 saturated carbocycles. The Morgan fingerprint density at radius 1 is 0.316 bits per heavy atom. The molecule has 0 radical (unpaired) electrons. The summed E-state index contributed by atoms with van der Waals surface area (Å²) in [5.41, 5.74) is 0. The van der Waals surface area contributed by atoms with Crippen LogP contribution < -0.4 is 18.9 Å². The summed E-state index contributed by atoms with van der Waals surface area (Å²) < 4.78 is 126. The van der Waals surface area contributed by atoms with Crippen LogP contribution in [-0.2, 0) is 50.3 Å². The largest absolute Gasteiger partial charge is 0.280 e. The smallest absolute Gasteiger partial charge is 0.228 e. The lowest BCUT2D eigenvalue weighted by Gasteiger charge is -2.31. The van der Waals surface area contributed by atoms with Crippen LogP contribution in [0.3, 0.4) is 0 Å². The molecule has 0 unspecified atom stereocenters. The van der Waals surface area contributed by atoms with Gasteiger partial charge in [-0.3, -0.25) is 0 Å². The number of sulfone groups is 1. The van der Waals surface area contributed by atoms with Crippen molar-refractivity contribution in [1.82, 2.24) is 27.5 Å². The molecule has 0 fully saturated rings. The average Bonchev–Trinajstić information content (AvgIpc) is 2.89. The van der Waals surface area contributed by atoms with Crippen molar-refractivity contribution < 1.29 is 42.1 Å². The molecule has 0 aromatic heterocycles. The summed E-state index contributed by atoms with van der Waals surface area (Å²) >= 11 is 0. The third-order valence-corrected chi connectivity index (χ3v) is 17.7. The van der Waals surface area contributed by atoms with Crippen LogP contribution in [0.5, 0.6) is 0 Å². The van der Waals surface area contributed by atoms with E-state index in [1.54, 1.807) is 101 Å². The summed E-state index contributed by atoms with van der Waals surface area (Å²) in [4.78, 5) is 0. The predicted molar refractivity (Wildman–Crippen MR) is 242 cm³/mol. The molecule has 0 aliphatic heterocycles. The minimum absolute atomic E-state index is 0.00704. The number of sulfonamides is 2. The van der Waals surface area contributed by atoms with Gasteiger partial charge < -0.3 is 0 Å². The lowest BCUT2D eigenvalue weighted by molar-refractivity contribution is 0.296. The molecule has 0 amide bonds. The first-order chi connectivity index (χ1) is 25.0. The van der Waals surface area contributed by atoms with Crippen molar-refractivity contribution in [1.29, 1.82) is 0 Å². The van der Waals surface area contributed by atoms with E-state index >= 15 is 0 Å². The summed E-state index contributed by atoms with van der Waals surface area (Å²) in [6.07, 6.45) is 0. The van der Waals surface area contributed by atoms with Gasteiger partial charge >= 0.3 is 0 Å². The minimum atomic E-state index is -3.34. The van der Waals surface area contributed by atoms with Crippen LogP contribution in [0, 0.1) is 0 Å². The predicted octanol–water partition coefficient (Wildman–Crippen LogP) is 5.36. The first-order valence-electron chi connectivity index (χ1n) is 19.8. The molecule has 0 rings (SSSR count). The third kappa shape index (κ3) is 31.1. The summed E-state index contributed by atoms with van der Waals surface area (Å²) in [7, 11) is -15.6. The molecular formula is C36H88N6O10S5. The van der Waals surface area contributed by atoms with E-state index in [9.17, 15) is 42.1 Å². The average molecular weight is 925 g/mol. The van der Waals surface area contributed by atoms with E-state index in [4.69, 9.17) is 0 Å². The number of nitrogens with zero attached hydrogens (tertiary/aromatic N) is 2. The Morgan fingerprint density at radius 2 is 0.579 bits per heavy atom. The van der Waals surface area contributed by atoms with E-state index in [1.165, 1.54) is 4.31 Å². The summed E-state index contributed by atoms with van der Waals surface area (Å²) in [5, 5.41) is -1.15. The SMILES string of the molecule is CC(C)N(C(C)C)S(=O)(=O)C(C)C.CC(C)NS(=O)(=O)C(C)C.CC(C)NS(=O)(=O)N(C(C)C)C(C)C.CC(C)NS(=O)(=O)NC(C)C.CC(C)S(=O)(=O)C(C)C. The quantitative estimate of drug-likeness (QED) is 0.138. The molecule has 0 aliphatic rings.